The van der Waals surface area contributed by atoms with Crippen LogP contribution in [0.3, 0.4) is 0 Å². The van der Waals surface area contributed by atoms with Gasteiger partial charge in [0.05, 0.1) is 36.3 Å². The normalized spacial score (nSPS) is 16.3. The molecule has 1 aliphatic rings. The molecule has 0 bridgehead atoms. The molecule has 1 fully saturated rings. The Hall–Kier alpha value is -1.89. The van der Waals surface area contributed by atoms with Crippen molar-refractivity contribution < 1.29 is 38.5 Å². The van der Waals surface area contributed by atoms with Gasteiger partial charge in [-0.25, -0.2) is 8.42 Å². The van der Waals surface area contributed by atoms with Crippen molar-refractivity contribution in [3.63, 3.8) is 0 Å². The Labute approximate surface area is 205 Å². The average molecular weight is 559 g/mol. The van der Waals surface area contributed by atoms with Crippen LogP contribution in [0.2, 0.25) is 0 Å². The van der Waals surface area contributed by atoms with Crippen molar-refractivity contribution >= 4 is 41.6 Å². The van der Waals surface area contributed by atoms with Crippen LogP contribution < -0.4 is 10.6 Å². The summed E-state index contributed by atoms with van der Waals surface area (Å²) >= 11 is 0. The van der Waals surface area contributed by atoms with Gasteiger partial charge in [0.25, 0.3) is 25.9 Å². The summed E-state index contributed by atoms with van der Waals surface area (Å²) < 4.78 is 83.6. The summed E-state index contributed by atoms with van der Waals surface area (Å²) in [6, 6.07) is 1.96. The van der Waals surface area contributed by atoms with Crippen molar-refractivity contribution in [3.05, 3.63) is 27.8 Å². The summed E-state index contributed by atoms with van der Waals surface area (Å²) in [6.45, 7) is 0.601. The van der Waals surface area contributed by atoms with Gasteiger partial charge in [0.2, 0.25) is 10.0 Å². The average Bonchev–Trinajstić information content (AvgIpc) is 2.70. The standard InChI is InChI=1S/C18H30N4O10S3/c1-14-12-16(22(23)24)13-17(35(29,30)21-6-4-15(19)5-7-21)18(14)20(8-10-31-33(2,25)26)9-11-32-34(3,27)28/h12-13,15H,4-11,19H2,1-3H3. The number of nitrogens with zero attached hydrogens (tertiary/aromatic N) is 3. The smallest absolute Gasteiger partial charge is 0.271 e. The van der Waals surface area contributed by atoms with Gasteiger partial charge in [0.1, 0.15) is 4.90 Å². The van der Waals surface area contributed by atoms with E-state index in [4.69, 9.17) is 14.1 Å². The zero-order valence-electron chi connectivity index (χ0n) is 19.6. The van der Waals surface area contributed by atoms with Crippen molar-refractivity contribution in [2.45, 2.75) is 30.7 Å². The highest BCUT2D eigenvalue weighted by Crippen LogP contribution is 2.36. The second-order valence-electron chi connectivity index (χ2n) is 8.15. The van der Waals surface area contributed by atoms with Crippen LogP contribution >= 0.6 is 0 Å². The zero-order chi connectivity index (χ0) is 26.6. The van der Waals surface area contributed by atoms with Crippen LogP contribution in [0.4, 0.5) is 11.4 Å². The Morgan fingerprint density at radius 3 is 1.94 bits per heavy atom. The van der Waals surface area contributed by atoms with E-state index in [0.29, 0.717) is 12.8 Å². The number of hydrogen-bond donors (Lipinski definition) is 1. The lowest BCUT2D eigenvalue weighted by Gasteiger charge is -2.32. The highest BCUT2D eigenvalue weighted by molar-refractivity contribution is 7.89. The third-order valence-corrected chi connectivity index (χ3v) is 8.31. The molecule has 0 radical (unpaired) electrons. The van der Waals surface area contributed by atoms with Gasteiger partial charge in [0, 0.05) is 44.4 Å². The predicted octanol–water partition coefficient (Wildman–Crippen LogP) is -0.226. The maximum atomic E-state index is 13.6. The van der Waals surface area contributed by atoms with Crippen molar-refractivity contribution in [2.24, 2.45) is 5.73 Å². The largest absolute Gasteiger partial charge is 0.365 e. The lowest BCUT2D eigenvalue weighted by molar-refractivity contribution is -0.385. The fraction of sp³-hybridized carbons (Fsp3) is 0.667. The Balaban J connectivity index is 2.57. The monoisotopic (exact) mass is 558 g/mol. The zero-order valence-corrected chi connectivity index (χ0v) is 22.1. The van der Waals surface area contributed by atoms with E-state index in [-0.39, 0.29) is 61.6 Å². The van der Waals surface area contributed by atoms with Crippen molar-refractivity contribution in [1.29, 1.82) is 0 Å². The fourth-order valence-corrected chi connectivity index (χ4v) is 6.15. The van der Waals surface area contributed by atoms with E-state index in [2.05, 4.69) is 0 Å². The topological polar surface area (TPSA) is 197 Å². The third-order valence-electron chi connectivity index (χ3n) is 5.21. The number of nitro groups is 1. The van der Waals surface area contributed by atoms with Crippen molar-refractivity contribution in [2.75, 3.05) is 56.8 Å². The van der Waals surface area contributed by atoms with Crippen LogP contribution in [0.15, 0.2) is 17.0 Å². The Bertz CT molecular complexity index is 1200. The SMILES string of the molecule is Cc1cc([N+](=O)[O-])cc(S(=O)(=O)N2CCC(N)CC2)c1N(CCOS(C)(=O)=O)CCOS(C)(=O)=O. The number of piperidine rings is 1. The second kappa shape index (κ2) is 11.4. The van der Waals surface area contributed by atoms with Crippen LogP contribution in [-0.4, -0.2) is 92.4 Å². The molecule has 2 rings (SSSR count). The molecule has 17 heteroatoms. The number of nitrogens with two attached hydrogens (primary N) is 1. The number of non-ortho nitro benzene ring substituents is 1. The number of rotatable bonds is 12. The second-order valence-corrected chi connectivity index (χ2v) is 13.3. The summed E-state index contributed by atoms with van der Waals surface area (Å²) in [6.07, 6.45) is 2.52. The number of anilines is 1. The van der Waals surface area contributed by atoms with Gasteiger partial charge < -0.3 is 10.6 Å². The lowest BCUT2D eigenvalue weighted by atomic mass is 10.1. The molecule has 1 saturated heterocycles. The molecule has 0 atom stereocenters. The van der Waals surface area contributed by atoms with Crippen molar-refractivity contribution in [1.82, 2.24) is 4.31 Å². The molecule has 14 nitrogen and oxygen atoms in total. The Kier molecular flexibility index (Phi) is 9.59. The molecule has 0 unspecified atom stereocenters. The van der Waals surface area contributed by atoms with Gasteiger partial charge in [-0.15, -0.1) is 0 Å². The van der Waals surface area contributed by atoms with Gasteiger partial charge in [-0.2, -0.15) is 21.1 Å². The molecule has 2 N–H and O–H groups in total. The van der Waals surface area contributed by atoms with Gasteiger partial charge in [0.15, 0.2) is 0 Å². The minimum Gasteiger partial charge on any atom is -0.365 e. The number of benzene rings is 1. The first kappa shape index (κ1) is 29.3. The minimum absolute atomic E-state index is 0.0553. The molecule has 0 amide bonds. The number of aryl methyl sites for hydroxylation is 1. The summed E-state index contributed by atoms with van der Waals surface area (Å²) in [4.78, 5) is 11.8. The van der Waals surface area contributed by atoms with Gasteiger partial charge >= 0.3 is 0 Å². The highest BCUT2D eigenvalue weighted by Gasteiger charge is 2.34. The fourth-order valence-electron chi connectivity index (χ4n) is 3.62. The maximum absolute atomic E-state index is 13.6. The Morgan fingerprint density at radius 1 is 1.03 bits per heavy atom. The molecular weight excluding hydrogens is 528 g/mol. The van der Waals surface area contributed by atoms with E-state index in [0.717, 1.165) is 18.6 Å². The van der Waals surface area contributed by atoms with Crippen molar-refractivity contribution in [3.8, 4) is 0 Å². The molecule has 35 heavy (non-hydrogen) atoms. The van der Waals surface area contributed by atoms with Crippen LogP contribution in [0.1, 0.15) is 18.4 Å². The van der Waals surface area contributed by atoms with E-state index < -0.39 is 40.9 Å². The molecule has 1 aliphatic heterocycles. The first-order valence-electron chi connectivity index (χ1n) is 10.5. The summed E-state index contributed by atoms with van der Waals surface area (Å²) in [5.74, 6) is 0. The number of sulfonamides is 1. The number of nitro benzene ring substituents is 1. The summed E-state index contributed by atoms with van der Waals surface area (Å²) in [5, 5.41) is 11.5. The Morgan fingerprint density at radius 2 is 1.51 bits per heavy atom. The van der Waals surface area contributed by atoms with Gasteiger partial charge in [-0.1, -0.05) is 0 Å². The molecule has 1 heterocycles. The van der Waals surface area contributed by atoms with E-state index in [9.17, 15) is 35.4 Å². The van der Waals surface area contributed by atoms with E-state index in [1.165, 1.54) is 22.2 Å². The molecule has 200 valence electrons. The van der Waals surface area contributed by atoms with Crippen LogP contribution in [-0.2, 0) is 38.6 Å². The quantitative estimate of drug-likeness (QED) is 0.201. The summed E-state index contributed by atoms with van der Waals surface area (Å²) in [7, 11) is -11.9. The van der Waals surface area contributed by atoms with Gasteiger partial charge in [-0.05, 0) is 25.3 Å². The molecule has 1 aromatic carbocycles. The molecule has 0 aliphatic carbocycles. The molecule has 1 aromatic rings. The maximum Gasteiger partial charge on any atom is 0.271 e. The third kappa shape index (κ3) is 8.62. The molecular formula is C18H30N4O10S3. The summed E-state index contributed by atoms with van der Waals surface area (Å²) in [5.41, 5.74) is 5.70. The van der Waals surface area contributed by atoms with Crippen LogP contribution in [0, 0.1) is 17.0 Å². The van der Waals surface area contributed by atoms with E-state index >= 15 is 0 Å². The van der Waals surface area contributed by atoms with E-state index in [1.807, 2.05) is 0 Å². The minimum atomic E-state index is -4.23. The van der Waals surface area contributed by atoms with Crippen LogP contribution in [0.5, 0.6) is 0 Å². The molecule has 0 spiro atoms. The number of hydrogen-bond acceptors (Lipinski definition) is 12. The first-order chi connectivity index (χ1) is 16.0. The first-order valence-corrected chi connectivity index (χ1v) is 15.6. The molecule has 0 aromatic heterocycles. The van der Waals surface area contributed by atoms with Gasteiger partial charge in [-0.3, -0.25) is 18.5 Å². The predicted molar refractivity (Wildman–Crippen MR) is 128 cm³/mol. The lowest BCUT2D eigenvalue weighted by Crippen LogP contribution is -2.43. The highest BCUT2D eigenvalue weighted by atomic mass is 32.2. The van der Waals surface area contributed by atoms with Crippen LogP contribution in [0.25, 0.3) is 0 Å². The molecule has 0 saturated carbocycles. The van der Waals surface area contributed by atoms with E-state index in [1.54, 1.807) is 0 Å².